The van der Waals surface area contributed by atoms with Crippen LogP contribution in [0.1, 0.15) is 5.56 Å². The molecule has 0 aliphatic heterocycles. The molecule has 17 heavy (non-hydrogen) atoms. The van der Waals surface area contributed by atoms with Crippen LogP contribution in [0.5, 0.6) is 5.75 Å². The number of amides is 1. The third-order valence-corrected chi connectivity index (χ3v) is 2.18. The van der Waals surface area contributed by atoms with E-state index in [1.54, 1.807) is 7.11 Å². The van der Waals surface area contributed by atoms with Gasteiger partial charge in [-0.3, -0.25) is 10.1 Å². The first-order valence-electron chi connectivity index (χ1n) is 5.30. The van der Waals surface area contributed by atoms with E-state index < -0.39 is 0 Å². The second-order valence-corrected chi connectivity index (χ2v) is 3.40. The summed E-state index contributed by atoms with van der Waals surface area (Å²) in [4.78, 5) is 11.4. The molecule has 0 spiro atoms. The van der Waals surface area contributed by atoms with Gasteiger partial charge in [-0.05, 0) is 6.07 Å². The zero-order valence-electron chi connectivity index (χ0n) is 9.82. The fourth-order valence-electron chi connectivity index (χ4n) is 1.35. The number of nitrogens with one attached hydrogen (secondary N) is 2. The van der Waals surface area contributed by atoms with E-state index in [0.717, 1.165) is 11.3 Å². The quantitative estimate of drug-likeness (QED) is 0.556. The number of rotatable bonds is 6. The molecule has 0 saturated carbocycles. The lowest BCUT2D eigenvalue weighted by atomic mass is 10.2. The molecule has 0 aliphatic carbocycles. The minimum atomic E-state index is -0.0915. The predicted octanol–water partition coefficient (Wildman–Crippen LogP) is 0.534. The first kappa shape index (κ1) is 13.1. The van der Waals surface area contributed by atoms with Crippen LogP contribution in [0.2, 0.25) is 0 Å². The molecule has 1 aromatic rings. The maximum absolute atomic E-state index is 11.4. The molecule has 0 heterocycles. The standard InChI is InChI=1S/C13H16N2O2/c1-3-8-14-10-13(16)15-9-11-6-4-5-7-12(11)17-2/h1,4-7,14H,8-10H2,2H3,(H,15,16). The van der Waals surface area contributed by atoms with Crippen molar-refractivity contribution < 1.29 is 9.53 Å². The molecular formula is C13H16N2O2. The first-order chi connectivity index (χ1) is 8.27. The van der Waals surface area contributed by atoms with Crippen LogP contribution in [0.4, 0.5) is 0 Å². The summed E-state index contributed by atoms with van der Waals surface area (Å²) in [7, 11) is 1.61. The topological polar surface area (TPSA) is 50.4 Å². The van der Waals surface area contributed by atoms with Crippen molar-refractivity contribution in [1.82, 2.24) is 10.6 Å². The van der Waals surface area contributed by atoms with Crippen molar-refractivity contribution in [1.29, 1.82) is 0 Å². The van der Waals surface area contributed by atoms with Gasteiger partial charge in [0.05, 0.1) is 20.2 Å². The van der Waals surface area contributed by atoms with Gasteiger partial charge in [0.15, 0.2) is 0 Å². The van der Waals surface area contributed by atoms with E-state index in [2.05, 4.69) is 16.6 Å². The number of benzene rings is 1. The number of terminal acetylenes is 1. The average Bonchev–Trinajstić information content (AvgIpc) is 2.37. The van der Waals surface area contributed by atoms with Crippen LogP contribution in [-0.4, -0.2) is 26.1 Å². The lowest BCUT2D eigenvalue weighted by molar-refractivity contribution is -0.120. The Morgan fingerprint density at radius 2 is 2.24 bits per heavy atom. The van der Waals surface area contributed by atoms with E-state index in [-0.39, 0.29) is 12.5 Å². The number of hydrogen-bond donors (Lipinski definition) is 2. The number of hydrogen-bond acceptors (Lipinski definition) is 3. The van der Waals surface area contributed by atoms with Crippen molar-refractivity contribution in [2.24, 2.45) is 0 Å². The predicted molar refractivity (Wildman–Crippen MR) is 66.5 cm³/mol. The molecule has 4 nitrogen and oxygen atoms in total. The summed E-state index contributed by atoms with van der Waals surface area (Å²) >= 11 is 0. The number of para-hydroxylation sites is 1. The highest BCUT2D eigenvalue weighted by Crippen LogP contribution is 2.16. The molecule has 0 bridgehead atoms. The van der Waals surface area contributed by atoms with Crippen LogP contribution in [0.15, 0.2) is 24.3 Å². The van der Waals surface area contributed by atoms with Gasteiger partial charge in [-0.15, -0.1) is 6.42 Å². The van der Waals surface area contributed by atoms with Gasteiger partial charge in [0.2, 0.25) is 5.91 Å². The highest BCUT2D eigenvalue weighted by Gasteiger charge is 2.03. The monoisotopic (exact) mass is 232 g/mol. The van der Waals surface area contributed by atoms with Gasteiger partial charge in [0.25, 0.3) is 0 Å². The smallest absolute Gasteiger partial charge is 0.234 e. The Hall–Kier alpha value is -1.99. The second-order valence-electron chi connectivity index (χ2n) is 3.40. The molecule has 0 aromatic heterocycles. The highest BCUT2D eigenvalue weighted by molar-refractivity contribution is 5.78. The van der Waals surface area contributed by atoms with Crippen molar-refractivity contribution in [3.05, 3.63) is 29.8 Å². The zero-order chi connectivity index (χ0) is 12.5. The summed E-state index contributed by atoms with van der Waals surface area (Å²) in [6, 6.07) is 7.56. The van der Waals surface area contributed by atoms with Crippen molar-refractivity contribution in [3.63, 3.8) is 0 Å². The molecule has 1 rings (SSSR count). The van der Waals surface area contributed by atoms with Crippen LogP contribution in [0, 0.1) is 12.3 Å². The summed E-state index contributed by atoms with van der Waals surface area (Å²) in [6.45, 7) is 1.06. The maximum Gasteiger partial charge on any atom is 0.234 e. The molecule has 4 heteroatoms. The molecule has 1 amide bonds. The number of methoxy groups -OCH3 is 1. The number of carbonyl (C=O) groups excluding carboxylic acids is 1. The molecule has 0 unspecified atom stereocenters. The van der Waals surface area contributed by atoms with E-state index >= 15 is 0 Å². The summed E-state index contributed by atoms with van der Waals surface area (Å²) in [5.74, 6) is 3.08. The SMILES string of the molecule is C#CCNCC(=O)NCc1ccccc1OC. The highest BCUT2D eigenvalue weighted by atomic mass is 16.5. The third-order valence-electron chi connectivity index (χ3n) is 2.18. The van der Waals surface area contributed by atoms with Crippen molar-refractivity contribution in [3.8, 4) is 18.1 Å². The Bertz CT molecular complexity index is 410. The van der Waals surface area contributed by atoms with Crippen LogP contribution in [0.25, 0.3) is 0 Å². The van der Waals surface area contributed by atoms with Crippen molar-refractivity contribution >= 4 is 5.91 Å². The van der Waals surface area contributed by atoms with Gasteiger partial charge < -0.3 is 10.1 Å². The summed E-state index contributed by atoms with van der Waals surface area (Å²) in [6.07, 6.45) is 5.06. The Kier molecular flexibility index (Phi) is 5.62. The van der Waals surface area contributed by atoms with Gasteiger partial charge in [-0.2, -0.15) is 0 Å². The fourth-order valence-corrected chi connectivity index (χ4v) is 1.35. The van der Waals surface area contributed by atoms with Gasteiger partial charge >= 0.3 is 0 Å². The van der Waals surface area contributed by atoms with E-state index in [1.807, 2.05) is 24.3 Å². The summed E-state index contributed by atoms with van der Waals surface area (Å²) in [5.41, 5.74) is 0.945. The van der Waals surface area contributed by atoms with Gasteiger partial charge in [-0.25, -0.2) is 0 Å². The Morgan fingerprint density at radius 3 is 2.94 bits per heavy atom. The third kappa shape index (κ3) is 4.58. The van der Waals surface area contributed by atoms with E-state index in [4.69, 9.17) is 11.2 Å². The number of ether oxygens (including phenoxy) is 1. The largest absolute Gasteiger partial charge is 0.496 e. The fraction of sp³-hybridized carbons (Fsp3) is 0.308. The van der Waals surface area contributed by atoms with Crippen molar-refractivity contribution in [2.75, 3.05) is 20.2 Å². The average molecular weight is 232 g/mol. The molecule has 90 valence electrons. The summed E-state index contributed by atoms with van der Waals surface area (Å²) in [5, 5.41) is 5.60. The Balaban J connectivity index is 2.39. The zero-order valence-corrected chi connectivity index (χ0v) is 9.82. The number of carbonyl (C=O) groups is 1. The molecule has 0 radical (unpaired) electrons. The Labute approximate surface area is 101 Å². The lowest BCUT2D eigenvalue weighted by Gasteiger charge is -2.09. The van der Waals surface area contributed by atoms with Gasteiger partial charge in [0, 0.05) is 12.1 Å². The molecule has 0 fully saturated rings. The molecule has 0 atom stereocenters. The second kappa shape index (κ2) is 7.31. The molecule has 2 N–H and O–H groups in total. The van der Waals surface area contributed by atoms with Crippen LogP contribution >= 0.6 is 0 Å². The summed E-state index contributed by atoms with van der Waals surface area (Å²) < 4.78 is 5.18. The minimum Gasteiger partial charge on any atom is -0.496 e. The van der Waals surface area contributed by atoms with Crippen LogP contribution in [0.3, 0.4) is 0 Å². The molecular weight excluding hydrogens is 216 g/mol. The van der Waals surface area contributed by atoms with E-state index in [1.165, 1.54) is 0 Å². The molecule has 0 aliphatic rings. The normalized spacial score (nSPS) is 9.41. The van der Waals surface area contributed by atoms with Crippen LogP contribution < -0.4 is 15.4 Å². The Morgan fingerprint density at radius 1 is 1.47 bits per heavy atom. The van der Waals surface area contributed by atoms with E-state index in [9.17, 15) is 4.79 Å². The van der Waals surface area contributed by atoms with Crippen molar-refractivity contribution in [2.45, 2.75) is 6.54 Å². The van der Waals surface area contributed by atoms with Gasteiger partial charge in [0.1, 0.15) is 5.75 Å². The minimum absolute atomic E-state index is 0.0915. The van der Waals surface area contributed by atoms with E-state index in [0.29, 0.717) is 13.1 Å². The molecule has 1 aromatic carbocycles. The maximum atomic E-state index is 11.4. The first-order valence-corrected chi connectivity index (χ1v) is 5.30. The van der Waals surface area contributed by atoms with Crippen LogP contribution in [-0.2, 0) is 11.3 Å². The lowest BCUT2D eigenvalue weighted by Crippen LogP contribution is -2.33. The van der Waals surface area contributed by atoms with Gasteiger partial charge in [-0.1, -0.05) is 24.1 Å². The molecule has 0 saturated heterocycles.